The van der Waals surface area contributed by atoms with Gasteiger partial charge in [-0.15, -0.1) is 0 Å². The van der Waals surface area contributed by atoms with Crippen LogP contribution in [0.5, 0.6) is 0 Å². The Bertz CT molecular complexity index is 642. The van der Waals surface area contributed by atoms with Crippen LogP contribution < -0.4 is 10.6 Å². The van der Waals surface area contributed by atoms with E-state index < -0.39 is 17.9 Å². The summed E-state index contributed by atoms with van der Waals surface area (Å²) in [6.07, 6.45) is 0.333. The quantitative estimate of drug-likeness (QED) is 0.692. The van der Waals surface area contributed by atoms with E-state index in [0.717, 1.165) is 11.1 Å². The number of carboxylic acids is 1. The minimum absolute atomic E-state index is 0.134. The van der Waals surface area contributed by atoms with Gasteiger partial charge < -0.3 is 20.5 Å². The Morgan fingerprint density at radius 2 is 1.92 bits per heavy atom. The third kappa shape index (κ3) is 4.79. The van der Waals surface area contributed by atoms with Gasteiger partial charge >= 0.3 is 5.97 Å². The summed E-state index contributed by atoms with van der Waals surface area (Å²) in [6.45, 7) is 4.51. The van der Waals surface area contributed by atoms with Crippen molar-refractivity contribution >= 4 is 17.8 Å². The number of nitrogens with one attached hydrogen (secondary N) is 2. The zero-order valence-corrected chi connectivity index (χ0v) is 13.8. The van der Waals surface area contributed by atoms with Crippen molar-refractivity contribution in [3.8, 4) is 0 Å². The molecule has 1 aliphatic rings. The van der Waals surface area contributed by atoms with Gasteiger partial charge in [0.25, 0.3) is 5.91 Å². The van der Waals surface area contributed by atoms with Gasteiger partial charge in [-0.2, -0.15) is 0 Å². The van der Waals surface area contributed by atoms with E-state index in [9.17, 15) is 14.4 Å². The molecule has 0 saturated heterocycles. The van der Waals surface area contributed by atoms with E-state index in [2.05, 4.69) is 10.6 Å². The molecule has 1 atom stereocenters. The number of rotatable bonds is 7. The van der Waals surface area contributed by atoms with Crippen LogP contribution in [-0.2, 0) is 27.5 Å². The lowest BCUT2D eigenvalue weighted by atomic mass is 10.0. The minimum Gasteiger partial charge on any atom is -0.480 e. The number of aliphatic carboxylic acids is 1. The number of fused-ring (bicyclic) bond motifs is 1. The minimum atomic E-state index is -1.08. The molecule has 7 heteroatoms. The number of amides is 2. The summed E-state index contributed by atoms with van der Waals surface area (Å²) in [6, 6.07) is 4.31. The number of carbonyl (C=O) groups excluding carboxylic acids is 2. The van der Waals surface area contributed by atoms with Gasteiger partial charge in [0, 0.05) is 5.56 Å². The monoisotopic (exact) mass is 334 g/mol. The van der Waals surface area contributed by atoms with Crippen LogP contribution in [0.3, 0.4) is 0 Å². The van der Waals surface area contributed by atoms with Crippen LogP contribution in [0.1, 0.15) is 41.8 Å². The van der Waals surface area contributed by atoms with Crippen LogP contribution in [0.4, 0.5) is 0 Å². The van der Waals surface area contributed by atoms with E-state index in [1.54, 1.807) is 12.1 Å². The molecule has 1 aliphatic heterocycles. The molecule has 0 aromatic heterocycles. The largest absolute Gasteiger partial charge is 0.480 e. The Hall–Kier alpha value is -2.41. The van der Waals surface area contributed by atoms with Gasteiger partial charge in [-0.25, -0.2) is 4.79 Å². The second-order valence-corrected chi connectivity index (χ2v) is 6.25. The van der Waals surface area contributed by atoms with E-state index in [0.29, 0.717) is 25.2 Å². The first-order chi connectivity index (χ1) is 11.4. The molecule has 130 valence electrons. The molecule has 0 spiro atoms. The highest BCUT2D eigenvalue weighted by molar-refractivity contribution is 5.97. The van der Waals surface area contributed by atoms with Crippen LogP contribution in [0, 0.1) is 5.92 Å². The normalized spacial score (nSPS) is 14.1. The van der Waals surface area contributed by atoms with Crippen molar-refractivity contribution in [2.75, 3.05) is 6.54 Å². The summed E-state index contributed by atoms with van der Waals surface area (Å²) >= 11 is 0. The first-order valence-corrected chi connectivity index (χ1v) is 7.86. The molecule has 0 unspecified atom stereocenters. The van der Waals surface area contributed by atoms with Crippen molar-refractivity contribution in [3.05, 3.63) is 34.9 Å². The second kappa shape index (κ2) is 7.92. The van der Waals surface area contributed by atoms with Crippen molar-refractivity contribution < 1.29 is 24.2 Å². The molecule has 1 aromatic carbocycles. The summed E-state index contributed by atoms with van der Waals surface area (Å²) in [7, 11) is 0. The number of ether oxygens (including phenoxy) is 1. The average Bonchev–Trinajstić information content (AvgIpc) is 2.98. The van der Waals surface area contributed by atoms with Crippen molar-refractivity contribution in [1.29, 1.82) is 0 Å². The van der Waals surface area contributed by atoms with Crippen molar-refractivity contribution in [2.45, 2.75) is 39.5 Å². The van der Waals surface area contributed by atoms with Crippen molar-refractivity contribution in [3.63, 3.8) is 0 Å². The molecular weight excluding hydrogens is 312 g/mol. The Kier molecular flexibility index (Phi) is 5.92. The molecule has 1 aromatic rings. The van der Waals surface area contributed by atoms with Gasteiger partial charge in [-0.3, -0.25) is 9.59 Å². The van der Waals surface area contributed by atoms with Crippen LogP contribution >= 0.6 is 0 Å². The summed E-state index contributed by atoms with van der Waals surface area (Å²) in [5.74, 6) is -1.85. The van der Waals surface area contributed by atoms with Crippen LogP contribution in [0.15, 0.2) is 18.2 Å². The van der Waals surface area contributed by atoms with E-state index in [-0.39, 0.29) is 18.4 Å². The highest BCUT2D eigenvalue weighted by Crippen LogP contribution is 2.20. The third-order valence-corrected chi connectivity index (χ3v) is 3.73. The molecular formula is C17H22N2O5. The molecule has 0 aliphatic carbocycles. The average molecular weight is 334 g/mol. The molecule has 7 nitrogen and oxygen atoms in total. The molecule has 0 saturated carbocycles. The first kappa shape index (κ1) is 17.9. The number of hydrogen-bond donors (Lipinski definition) is 3. The predicted molar refractivity (Wildman–Crippen MR) is 86.3 cm³/mol. The van der Waals surface area contributed by atoms with Crippen molar-refractivity contribution in [1.82, 2.24) is 10.6 Å². The molecule has 2 rings (SSSR count). The summed E-state index contributed by atoms with van der Waals surface area (Å²) in [4.78, 5) is 35.1. The topological polar surface area (TPSA) is 105 Å². The van der Waals surface area contributed by atoms with Crippen LogP contribution in [0.2, 0.25) is 0 Å². The van der Waals surface area contributed by atoms with E-state index in [1.165, 1.54) is 0 Å². The molecule has 24 heavy (non-hydrogen) atoms. The fourth-order valence-electron chi connectivity index (χ4n) is 2.51. The maximum absolute atomic E-state index is 12.1. The van der Waals surface area contributed by atoms with E-state index in [1.807, 2.05) is 19.9 Å². The fourth-order valence-corrected chi connectivity index (χ4v) is 2.51. The number of carboxylic acid groups (broad SMARTS) is 1. The van der Waals surface area contributed by atoms with Crippen molar-refractivity contribution in [2.24, 2.45) is 5.92 Å². The first-order valence-electron chi connectivity index (χ1n) is 7.86. The molecule has 2 amide bonds. The molecule has 0 radical (unpaired) electrons. The standard InChI is InChI=1S/C17H22N2O5/c1-10(2)5-14(17(22)23)19-15(20)7-18-16(21)11-3-4-12-8-24-9-13(12)6-11/h3-4,6,10,14H,5,7-9H2,1-2H3,(H,18,21)(H,19,20)(H,22,23)/t14-/m0/s1. The number of carbonyl (C=O) groups is 3. The second-order valence-electron chi connectivity index (χ2n) is 6.25. The van der Waals surface area contributed by atoms with E-state index >= 15 is 0 Å². The summed E-state index contributed by atoms with van der Waals surface area (Å²) in [5, 5.41) is 14.0. The maximum atomic E-state index is 12.1. The van der Waals surface area contributed by atoms with Gasteiger partial charge in [0.15, 0.2) is 0 Å². The number of benzene rings is 1. The Morgan fingerprint density at radius 3 is 2.58 bits per heavy atom. The Balaban J connectivity index is 1.86. The Labute approximate surface area is 140 Å². The van der Waals surface area contributed by atoms with E-state index in [4.69, 9.17) is 9.84 Å². The third-order valence-electron chi connectivity index (χ3n) is 3.73. The van der Waals surface area contributed by atoms with Gasteiger partial charge in [0.05, 0.1) is 19.8 Å². The zero-order chi connectivity index (χ0) is 17.7. The van der Waals surface area contributed by atoms with Gasteiger partial charge in [0.1, 0.15) is 6.04 Å². The predicted octanol–water partition coefficient (Wildman–Crippen LogP) is 1.06. The summed E-state index contributed by atoms with van der Waals surface area (Å²) < 4.78 is 5.29. The fraction of sp³-hybridized carbons (Fsp3) is 0.471. The lowest BCUT2D eigenvalue weighted by Gasteiger charge is -2.16. The molecule has 0 fully saturated rings. The number of hydrogen-bond acceptors (Lipinski definition) is 4. The zero-order valence-electron chi connectivity index (χ0n) is 13.8. The Morgan fingerprint density at radius 1 is 1.21 bits per heavy atom. The highest BCUT2D eigenvalue weighted by Gasteiger charge is 2.21. The SMILES string of the molecule is CC(C)C[C@H](NC(=O)CNC(=O)c1ccc2c(c1)COC2)C(=O)O. The van der Waals surface area contributed by atoms with Gasteiger partial charge in [0.2, 0.25) is 5.91 Å². The molecule has 3 N–H and O–H groups in total. The van der Waals surface area contributed by atoms with Gasteiger partial charge in [-0.1, -0.05) is 19.9 Å². The smallest absolute Gasteiger partial charge is 0.326 e. The lowest BCUT2D eigenvalue weighted by molar-refractivity contribution is -0.142. The highest BCUT2D eigenvalue weighted by atomic mass is 16.5. The van der Waals surface area contributed by atoms with Crippen LogP contribution in [-0.4, -0.2) is 35.5 Å². The molecule has 0 bridgehead atoms. The maximum Gasteiger partial charge on any atom is 0.326 e. The van der Waals surface area contributed by atoms with Crippen LogP contribution in [0.25, 0.3) is 0 Å². The molecule has 1 heterocycles. The summed E-state index contributed by atoms with van der Waals surface area (Å²) in [5.41, 5.74) is 2.47. The van der Waals surface area contributed by atoms with Gasteiger partial charge in [-0.05, 0) is 35.6 Å². The lowest BCUT2D eigenvalue weighted by Crippen LogP contribution is -2.46.